The number of ether oxygens (including phenoxy) is 1. The van der Waals surface area contributed by atoms with Crippen molar-refractivity contribution >= 4 is 16.7 Å². The number of piperidine rings is 1. The van der Waals surface area contributed by atoms with Gasteiger partial charge in [-0.05, 0) is 66.4 Å². The highest BCUT2D eigenvalue weighted by Gasteiger charge is 2.53. The summed E-state index contributed by atoms with van der Waals surface area (Å²) in [5, 5.41) is 13.7. The second-order valence-electron chi connectivity index (χ2n) is 10.4. The lowest BCUT2D eigenvalue weighted by Gasteiger charge is -2.56. The van der Waals surface area contributed by atoms with E-state index in [1.165, 1.54) is 5.56 Å². The Kier molecular flexibility index (Phi) is 6.87. The van der Waals surface area contributed by atoms with Gasteiger partial charge in [0.25, 0.3) is 5.91 Å². The third-order valence-corrected chi connectivity index (χ3v) is 8.51. The highest BCUT2D eigenvalue weighted by atomic mass is 16.5. The van der Waals surface area contributed by atoms with Crippen LogP contribution in [0.2, 0.25) is 0 Å². The molecule has 3 aromatic rings. The number of fused-ring (bicyclic) bond motifs is 2. The maximum atomic E-state index is 13.6. The fraction of sp³-hybridized carbons (Fsp3) is 0.387. The second kappa shape index (κ2) is 10.1. The van der Waals surface area contributed by atoms with E-state index in [0.717, 1.165) is 49.0 Å². The van der Waals surface area contributed by atoms with Gasteiger partial charge in [-0.15, -0.1) is 6.58 Å². The van der Waals surface area contributed by atoms with Gasteiger partial charge < -0.3 is 14.7 Å². The zero-order chi connectivity index (χ0) is 25.3. The van der Waals surface area contributed by atoms with Crippen molar-refractivity contribution in [1.82, 2.24) is 9.80 Å². The van der Waals surface area contributed by atoms with E-state index in [2.05, 4.69) is 29.7 Å². The van der Waals surface area contributed by atoms with Crippen LogP contribution in [-0.2, 0) is 5.41 Å². The summed E-state index contributed by atoms with van der Waals surface area (Å²) in [4.78, 5) is 17.9. The van der Waals surface area contributed by atoms with Gasteiger partial charge in [0.2, 0.25) is 0 Å². The van der Waals surface area contributed by atoms with Crippen LogP contribution in [0.25, 0.3) is 10.8 Å². The van der Waals surface area contributed by atoms with Gasteiger partial charge in [0, 0.05) is 43.1 Å². The van der Waals surface area contributed by atoms with E-state index in [0.29, 0.717) is 12.0 Å². The molecular formula is C31H36N2O3. The van der Waals surface area contributed by atoms with Crippen LogP contribution < -0.4 is 4.74 Å². The van der Waals surface area contributed by atoms with Gasteiger partial charge >= 0.3 is 0 Å². The smallest absolute Gasteiger partial charge is 0.253 e. The molecule has 0 spiro atoms. The van der Waals surface area contributed by atoms with Crippen molar-refractivity contribution < 1.29 is 14.6 Å². The van der Waals surface area contributed by atoms with Crippen molar-refractivity contribution in [3.05, 3.63) is 90.5 Å². The minimum Gasteiger partial charge on any atom is -0.497 e. The van der Waals surface area contributed by atoms with E-state index < -0.39 is 6.10 Å². The van der Waals surface area contributed by atoms with E-state index in [-0.39, 0.29) is 23.3 Å². The summed E-state index contributed by atoms with van der Waals surface area (Å²) in [6.07, 6.45) is 3.75. The van der Waals surface area contributed by atoms with Crippen molar-refractivity contribution in [2.24, 2.45) is 5.92 Å². The van der Waals surface area contributed by atoms with Crippen molar-refractivity contribution in [1.29, 1.82) is 0 Å². The number of benzene rings is 3. The number of rotatable bonds is 6. The molecule has 4 atom stereocenters. The molecule has 2 aliphatic rings. The molecule has 1 saturated heterocycles. The molecule has 1 aliphatic carbocycles. The predicted molar refractivity (Wildman–Crippen MR) is 144 cm³/mol. The van der Waals surface area contributed by atoms with Crippen LogP contribution in [0.15, 0.2) is 79.4 Å². The molecule has 36 heavy (non-hydrogen) atoms. The molecule has 0 bridgehead atoms. The molecule has 5 nitrogen and oxygen atoms in total. The van der Waals surface area contributed by atoms with Crippen LogP contribution in [0, 0.1) is 5.92 Å². The largest absolute Gasteiger partial charge is 0.497 e. The van der Waals surface area contributed by atoms with Gasteiger partial charge in [0.15, 0.2) is 0 Å². The molecule has 0 aromatic heterocycles. The van der Waals surface area contributed by atoms with Gasteiger partial charge in [0.05, 0.1) is 13.2 Å². The number of hydrogen-bond donors (Lipinski definition) is 1. The van der Waals surface area contributed by atoms with Gasteiger partial charge in [-0.1, -0.05) is 48.5 Å². The Bertz CT molecular complexity index is 1260. The van der Waals surface area contributed by atoms with Crippen LogP contribution in [0.1, 0.15) is 35.2 Å². The van der Waals surface area contributed by atoms with Crippen LogP contribution in [0.5, 0.6) is 5.75 Å². The van der Waals surface area contributed by atoms with E-state index in [4.69, 9.17) is 4.74 Å². The van der Waals surface area contributed by atoms with E-state index in [1.807, 2.05) is 66.6 Å². The lowest BCUT2D eigenvalue weighted by atomic mass is 9.56. The third-order valence-electron chi connectivity index (χ3n) is 8.51. The molecule has 188 valence electrons. The zero-order valence-corrected chi connectivity index (χ0v) is 21.3. The number of methoxy groups -OCH3 is 1. The maximum absolute atomic E-state index is 13.6. The molecule has 0 radical (unpaired) electrons. The van der Waals surface area contributed by atoms with E-state index >= 15 is 0 Å². The Morgan fingerprint density at radius 1 is 1.17 bits per heavy atom. The molecule has 5 heteroatoms. The Hall–Kier alpha value is -3.15. The number of carbonyl (C=O) groups is 1. The quantitative estimate of drug-likeness (QED) is 0.506. The summed E-state index contributed by atoms with van der Waals surface area (Å²) < 4.78 is 5.56. The Morgan fingerprint density at radius 2 is 1.97 bits per heavy atom. The Morgan fingerprint density at radius 3 is 2.75 bits per heavy atom. The summed E-state index contributed by atoms with van der Waals surface area (Å²) in [6, 6.07) is 22.2. The van der Waals surface area contributed by atoms with Crippen LogP contribution in [-0.4, -0.2) is 66.8 Å². The van der Waals surface area contributed by atoms with Gasteiger partial charge in [-0.25, -0.2) is 0 Å². The number of carbonyl (C=O) groups excluding carboxylic acids is 1. The minimum atomic E-state index is -0.505. The van der Waals surface area contributed by atoms with Gasteiger partial charge in [-0.2, -0.15) is 0 Å². The third kappa shape index (κ3) is 4.42. The zero-order valence-electron chi connectivity index (χ0n) is 21.3. The van der Waals surface area contributed by atoms with E-state index in [9.17, 15) is 9.90 Å². The lowest BCUT2D eigenvalue weighted by Crippen LogP contribution is -2.61. The number of amides is 1. The summed E-state index contributed by atoms with van der Waals surface area (Å²) in [5.74, 6) is 0.909. The summed E-state index contributed by atoms with van der Waals surface area (Å²) >= 11 is 0. The number of likely N-dealkylation sites (tertiary alicyclic amines) is 1. The van der Waals surface area contributed by atoms with Crippen molar-refractivity contribution in [3.63, 3.8) is 0 Å². The van der Waals surface area contributed by atoms with Crippen LogP contribution >= 0.6 is 0 Å². The molecule has 1 amide bonds. The summed E-state index contributed by atoms with van der Waals surface area (Å²) in [7, 11) is 3.58. The molecule has 5 rings (SSSR count). The standard InChI is InChI=1S/C31H36N2O3/c1-4-15-33-16-14-31(25-10-7-11-27(18-25)36-3)20-26(19-29(34)28(31)21-33)32(2)30(35)24-13-12-22-8-5-6-9-23(22)17-24/h4-13,17-18,26,28-29,34H,1,14-16,19-21H2,2-3H3. The first-order valence-electron chi connectivity index (χ1n) is 12.9. The average Bonchev–Trinajstić information content (AvgIpc) is 2.92. The molecule has 1 N–H and O–H groups in total. The highest BCUT2D eigenvalue weighted by molar-refractivity contribution is 5.98. The minimum absolute atomic E-state index is 0.00119. The van der Waals surface area contributed by atoms with Gasteiger partial charge in [-0.3, -0.25) is 9.69 Å². The number of aliphatic hydroxyl groups excluding tert-OH is 1. The lowest BCUT2D eigenvalue weighted by molar-refractivity contribution is -0.0591. The summed E-state index contributed by atoms with van der Waals surface area (Å²) in [5.41, 5.74) is 1.65. The molecule has 4 unspecified atom stereocenters. The normalized spacial score (nSPS) is 26.2. The molecule has 2 fully saturated rings. The number of hydrogen-bond acceptors (Lipinski definition) is 4. The fourth-order valence-electron chi connectivity index (χ4n) is 6.52. The van der Waals surface area contributed by atoms with Gasteiger partial charge in [0.1, 0.15) is 5.75 Å². The Labute approximate surface area is 214 Å². The van der Waals surface area contributed by atoms with Crippen molar-refractivity contribution in [2.75, 3.05) is 33.8 Å². The highest BCUT2D eigenvalue weighted by Crippen LogP contribution is 2.50. The average molecular weight is 485 g/mol. The monoisotopic (exact) mass is 484 g/mol. The second-order valence-corrected chi connectivity index (χ2v) is 10.4. The van der Waals surface area contributed by atoms with E-state index in [1.54, 1.807) is 7.11 Å². The molecule has 1 aliphatic heterocycles. The SMILES string of the molecule is C=CCN1CCC2(c3cccc(OC)c3)CC(N(C)C(=O)c3ccc4ccccc4c3)CC(O)C2C1. The topological polar surface area (TPSA) is 53.0 Å². The fourth-order valence-corrected chi connectivity index (χ4v) is 6.52. The first-order chi connectivity index (χ1) is 17.4. The van der Waals surface area contributed by atoms with Crippen LogP contribution in [0.4, 0.5) is 0 Å². The molecule has 1 heterocycles. The van der Waals surface area contributed by atoms with Crippen molar-refractivity contribution in [3.8, 4) is 5.75 Å². The van der Waals surface area contributed by atoms with Crippen molar-refractivity contribution in [2.45, 2.75) is 36.8 Å². The first-order valence-corrected chi connectivity index (χ1v) is 12.9. The first kappa shape index (κ1) is 24.5. The maximum Gasteiger partial charge on any atom is 0.253 e. The predicted octanol–water partition coefficient (Wildman–Crippen LogP) is 4.89. The summed E-state index contributed by atoms with van der Waals surface area (Å²) in [6.45, 7) is 6.49. The Balaban J connectivity index is 1.47. The van der Waals surface area contributed by atoms with Crippen LogP contribution in [0.3, 0.4) is 0 Å². The number of nitrogens with zero attached hydrogens (tertiary/aromatic N) is 2. The number of aliphatic hydroxyl groups is 1. The molecule has 3 aromatic carbocycles. The molecule has 1 saturated carbocycles. The molecular weight excluding hydrogens is 448 g/mol.